The average Bonchev–Trinajstić information content (AvgIpc) is 2.63. The lowest BCUT2D eigenvalue weighted by atomic mass is 10.1. The van der Waals surface area contributed by atoms with Gasteiger partial charge in [0.25, 0.3) is 0 Å². The van der Waals surface area contributed by atoms with Gasteiger partial charge in [0, 0.05) is 38.0 Å². The molecule has 0 aromatic carbocycles. The zero-order valence-corrected chi connectivity index (χ0v) is 11.8. The zero-order chi connectivity index (χ0) is 12.5. The summed E-state index contributed by atoms with van der Waals surface area (Å²) in [5, 5.41) is 11.7. The van der Waals surface area contributed by atoms with E-state index < -0.39 is 5.60 Å². The topological polar surface area (TPSA) is 39.1 Å². The van der Waals surface area contributed by atoms with Crippen molar-refractivity contribution in [1.29, 1.82) is 0 Å². The van der Waals surface area contributed by atoms with Crippen LogP contribution in [0.3, 0.4) is 0 Å². The Balaban J connectivity index is 1.78. The van der Waals surface area contributed by atoms with Crippen molar-refractivity contribution in [3.8, 4) is 0 Å². The van der Waals surface area contributed by atoms with Gasteiger partial charge in [-0.05, 0) is 13.8 Å². The maximum Gasteiger partial charge on any atom is 0.159 e. The maximum absolute atomic E-state index is 9.80. The van der Waals surface area contributed by atoms with Crippen molar-refractivity contribution in [1.82, 2.24) is 9.80 Å². The van der Waals surface area contributed by atoms with E-state index in [2.05, 4.69) is 21.7 Å². The lowest BCUT2D eigenvalue weighted by Gasteiger charge is -2.37. The van der Waals surface area contributed by atoms with Crippen molar-refractivity contribution in [3.05, 3.63) is 0 Å². The fourth-order valence-corrected chi connectivity index (χ4v) is 3.27. The molecule has 4 nitrogen and oxygen atoms in total. The normalized spacial score (nSPS) is 27.4. The number of piperazine rings is 1. The van der Waals surface area contributed by atoms with E-state index in [0.29, 0.717) is 5.25 Å². The van der Waals surface area contributed by atoms with Crippen molar-refractivity contribution in [2.75, 3.05) is 39.3 Å². The predicted molar refractivity (Wildman–Crippen MR) is 73.7 cm³/mol. The van der Waals surface area contributed by atoms with Crippen LogP contribution >= 0.6 is 11.8 Å². The Bertz CT molecular complexity index is 293. The Morgan fingerprint density at radius 2 is 2.00 bits per heavy atom. The minimum absolute atomic E-state index is 0.587. The van der Waals surface area contributed by atoms with Gasteiger partial charge in [0.05, 0.1) is 12.1 Å². The third kappa shape index (κ3) is 3.86. The molecule has 0 spiro atoms. The van der Waals surface area contributed by atoms with Gasteiger partial charge in [-0.15, -0.1) is 0 Å². The molecule has 1 fully saturated rings. The third-order valence-electron chi connectivity index (χ3n) is 3.04. The summed E-state index contributed by atoms with van der Waals surface area (Å²) in [6.45, 7) is 11.8. The number of rotatable bonds is 2. The molecule has 0 bridgehead atoms. The van der Waals surface area contributed by atoms with Crippen LogP contribution in [0, 0.1) is 0 Å². The second kappa shape index (κ2) is 5.16. The number of amidine groups is 1. The lowest BCUT2D eigenvalue weighted by Crippen LogP contribution is -2.51. The summed E-state index contributed by atoms with van der Waals surface area (Å²) in [7, 11) is 0. The summed E-state index contributed by atoms with van der Waals surface area (Å²) in [5.41, 5.74) is -0.587. The highest BCUT2D eigenvalue weighted by atomic mass is 32.2. The Kier molecular flexibility index (Phi) is 4.00. The van der Waals surface area contributed by atoms with Gasteiger partial charge in [-0.3, -0.25) is 9.89 Å². The first-order valence-electron chi connectivity index (χ1n) is 6.35. The predicted octanol–water partition coefficient (Wildman–Crippen LogP) is 0.866. The molecule has 1 N–H and O–H groups in total. The van der Waals surface area contributed by atoms with Gasteiger partial charge >= 0.3 is 0 Å². The Morgan fingerprint density at radius 1 is 1.35 bits per heavy atom. The summed E-state index contributed by atoms with van der Waals surface area (Å²) >= 11 is 1.89. The number of thioether (sulfide) groups is 1. The molecule has 1 saturated heterocycles. The first-order chi connectivity index (χ1) is 7.94. The van der Waals surface area contributed by atoms with E-state index >= 15 is 0 Å². The van der Waals surface area contributed by atoms with Gasteiger partial charge < -0.3 is 10.0 Å². The highest BCUT2D eigenvalue weighted by molar-refractivity contribution is 8.14. The van der Waals surface area contributed by atoms with Gasteiger partial charge in [0.1, 0.15) is 0 Å². The van der Waals surface area contributed by atoms with Gasteiger partial charge in [-0.1, -0.05) is 18.7 Å². The van der Waals surface area contributed by atoms with E-state index in [1.807, 2.05) is 25.6 Å². The highest BCUT2D eigenvalue weighted by Crippen LogP contribution is 2.23. The molecule has 98 valence electrons. The van der Waals surface area contributed by atoms with Crippen molar-refractivity contribution in [2.24, 2.45) is 4.99 Å². The van der Waals surface area contributed by atoms with Crippen molar-refractivity contribution >= 4 is 16.9 Å². The van der Waals surface area contributed by atoms with Gasteiger partial charge in [-0.2, -0.15) is 0 Å². The number of aliphatic imine (C=N–C) groups is 1. The number of hydrogen-bond acceptors (Lipinski definition) is 5. The van der Waals surface area contributed by atoms with Crippen LogP contribution in [0.15, 0.2) is 4.99 Å². The molecule has 0 saturated carbocycles. The Morgan fingerprint density at radius 3 is 2.47 bits per heavy atom. The SMILES string of the molecule is C[C@H]1CN=C(N2CCN(CC(C)(C)O)CC2)S1. The molecular formula is C12H23N3OS. The number of nitrogens with zero attached hydrogens (tertiary/aromatic N) is 3. The molecule has 2 heterocycles. The van der Waals surface area contributed by atoms with Gasteiger partial charge in [-0.25, -0.2) is 0 Å². The van der Waals surface area contributed by atoms with E-state index in [1.165, 1.54) is 5.17 Å². The summed E-state index contributed by atoms with van der Waals surface area (Å²) < 4.78 is 0. The molecule has 0 aromatic heterocycles. The fourth-order valence-electron chi connectivity index (χ4n) is 2.28. The van der Waals surface area contributed by atoms with Crippen molar-refractivity contribution in [3.63, 3.8) is 0 Å². The van der Waals surface area contributed by atoms with E-state index in [1.54, 1.807) is 0 Å². The summed E-state index contributed by atoms with van der Waals surface area (Å²) in [6, 6.07) is 0. The van der Waals surface area contributed by atoms with Crippen molar-refractivity contribution < 1.29 is 5.11 Å². The van der Waals surface area contributed by atoms with Crippen molar-refractivity contribution in [2.45, 2.75) is 31.6 Å². The Hall–Kier alpha value is -0.260. The van der Waals surface area contributed by atoms with Crippen LogP contribution in [0.4, 0.5) is 0 Å². The summed E-state index contributed by atoms with van der Waals surface area (Å²) in [5.74, 6) is 0. The standard InChI is InChI=1S/C12H23N3OS/c1-10-8-13-11(17-10)15-6-4-14(5-7-15)9-12(2,3)16/h10,16H,4-9H2,1-3H3/t10-/m0/s1. The van der Waals surface area contributed by atoms with E-state index in [9.17, 15) is 5.11 Å². The molecule has 17 heavy (non-hydrogen) atoms. The van der Waals surface area contributed by atoms with Crippen LogP contribution in [0.25, 0.3) is 0 Å². The molecule has 0 aliphatic carbocycles. The second-order valence-corrected chi connectivity index (χ2v) is 7.03. The zero-order valence-electron chi connectivity index (χ0n) is 11.0. The van der Waals surface area contributed by atoms with Crippen LogP contribution in [0.5, 0.6) is 0 Å². The lowest BCUT2D eigenvalue weighted by molar-refractivity contribution is 0.0254. The number of aliphatic hydroxyl groups is 1. The highest BCUT2D eigenvalue weighted by Gasteiger charge is 2.26. The molecule has 1 atom stereocenters. The average molecular weight is 257 g/mol. The third-order valence-corrected chi connectivity index (χ3v) is 4.19. The molecule has 5 heteroatoms. The monoisotopic (exact) mass is 257 g/mol. The van der Waals surface area contributed by atoms with E-state index in [-0.39, 0.29) is 0 Å². The number of β-amino-alcohol motifs (C(OH)–C–C–N with tert-alkyl or cyclic N) is 1. The van der Waals surface area contributed by atoms with Crippen LogP contribution in [0.1, 0.15) is 20.8 Å². The minimum Gasteiger partial charge on any atom is -0.389 e. The van der Waals surface area contributed by atoms with Crippen LogP contribution in [0.2, 0.25) is 0 Å². The molecule has 0 amide bonds. The summed E-state index contributed by atoms with van der Waals surface area (Å²) in [4.78, 5) is 9.30. The summed E-state index contributed by atoms with van der Waals surface area (Å²) in [6.07, 6.45) is 0. The molecular weight excluding hydrogens is 234 g/mol. The van der Waals surface area contributed by atoms with Crippen LogP contribution < -0.4 is 0 Å². The fraction of sp³-hybridized carbons (Fsp3) is 0.917. The van der Waals surface area contributed by atoms with E-state index in [4.69, 9.17) is 0 Å². The second-order valence-electron chi connectivity index (χ2n) is 5.63. The van der Waals surface area contributed by atoms with Gasteiger partial charge in [0.2, 0.25) is 0 Å². The quantitative estimate of drug-likeness (QED) is 0.796. The maximum atomic E-state index is 9.80. The van der Waals surface area contributed by atoms with E-state index in [0.717, 1.165) is 39.3 Å². The molecule has 2 aliphatic heterocycles. The molecule has 0 unspecified atom stereocenters. The largest absolute Gasteiger partial charge is 0.389 e. The molecule has 0 radical (unpaired) electrons. The molecule has 2 rings (SSSR count). The number of hydrogen-bond donors (Lipinski definition) is 1. The first-order valence-corrected chi connectivity index (χ1v) is 7.23. The smallest absolute Gasteiger partial charge is 0.159 e. The Labute approximate surface area is 108 Å². The minimum atomic E-state index is -0.587. The molecule has 0 aromatic rings. The van der Waals surface area contributed by atoms with Gasteiger partial charge in [0.15, 0.2) is 5.17 Å². The molecule has 2 aliphatic rings. The first kappa shape index (κ1) is 13.2. The van der Waals surface area contributed by atoms with Crippen LogP contribution in [-0.2, 0) is 0 Å². The van der Waals surface area contributed by atoms with Crippen LogP contribution in [-0.4, -0.2) is 70.2 Å².